The van der Waals surface area contributed by atoms with Gasteiger partial charge in [-0.25, -0.2) is 0 Å². The standard InChI is InChI=1S/C14H21N3O/c1-10-3-6-13(12(15)7-10)16-14(18)9-17(2)8-11-4-5-11/h3,6-7,11H,4-5,8-9,15H2,1-2H3,(H,16,18). The third-order valence-corrected chi connectivity index (χ3v) is 3.16. The van der Waals surface area contributed by atoms with Crippen LogP contribution in [0.3, 0.4) is 0 Å². The molecule has 1 aromatic rings. The molecule has 0 radical (unpaired) electrons. The number of carbonyl (C=O) groups excluding carboxylic acids is 1. The summed E-state index contributed by atoms with van der Waals surface area (Å²) in [6, 6.07) is 5.66. The minimum Gasteiger partial charge on any atom is -0.397 e. The van der Waals surface area contributed by atoms with Gasteiger partial charge in [0.05, 0.1) is 17.9 Å². The quantitative estimate of drug-likeness (QED) is 0.781. The lowest BCUT2D eigenvalue weighted by molar-refractivity contribution is -0.117. The van der Waals surface area contributed by atoms with Crippen LogP contribution < -0.4 is 11.1 Å². The van der Waals surface area contributed by atoms with Crippen LogP contribution in [0.15, 0.2) is 18.2 Å². The summed E-state index contributed by atoms with van der Waals surface area (Å²) >= 11 is 0. The van der Waals surface area contributed by atoms with E-state index in [9.17, 15) is 4.79 Å². The van der Waals surface area contributed by atoms with Crippen molar-refractivity contribution in [3.8, 4) is 0 Å². The largest absolute Gasteiger partial charge is 0.397 e. The van der Waals surface area contributed by atoms with Crippen molar-refractivity contribution in [2.24, 2.45) is 5.92 Å². The Balaban J connectivity index is 1.85. The molecule has 4 heteroatoms. The Morgan fingerprint density at radius 3 is 2.83 bits per heavy atom. The second kappa shape index (κ2) is 5.40. The first kappa shape index (κ1) is 12.9. The molecule has 18 heavy (non-hydrogen) atoms. The molecule has 0 unspecified atom stereocenters. The van der Waals surface area contributed by atoms with Crippen LogP contribution in [0.1, 0.15) is 18.4 Å². The zero-order valence-electron chi connectivity index (χ0n) is 11.1. The molecule has 98 valence electrons. The Hall–Kier alpha value is -1.55. The minimum absolute atomic E-state index is 0.00583. The maximum Gasteiger partial charge on any atom is 0.238 e. The Labute approximate surface area is 108 Å². The predicted octanol–water partition coefficient (Wildman–Crippen LogP) is 1.86. The first-order valence-electron chi connectivity index (χ1n) is 6.39. The van der Waals surface area contributed by atoms with Gasteiger partial charge in [-0.05, 0) is 50.4 Å². The average molecular weight is 247 g/mol. The first-order valence-corrected chi connectivity index (χ1v) is 6.39. The summed E-state index contributed by atoms with van der Waals surface area (Å²) in [7, 11) is 1.98. The van der Waals surface area contributed by atoms with Crippen LogP contribution in [-0.2, 0) is 4.79 Å². The smallest absolute Gasteiger partial charge is 0.238 e. The third kappa shape index (κ3) is 3.74. The van der Waals surface area contributed by atoms with Gasteiger partial charge < -0.3 is 11.1 Å². The second-order valence-corrected chi connectivity index (χ2v) is 5.28. The fraction of sp³-hybridized carbons (Fsp3) is 0.500. The molecule has 0 aliphatic heterocycles. The van der Waals surface area contributed by atoms with Gasteiger partial charge in [0, 0.05) is 6.54 Å². The molecule has 0 atom stereocenters. The van der Waals surface area contributed by atoms with E-state index >= 15 is 0 Å². The molecule has 2 rings (SSSR count). The molecule has 1 aromatic carbocycles. The highest BCUT2D eigenvalue weighted by atomic mass is 16.2. The summed E-state index contributed by atoms with van der Waals surface area (Å²) in [5.74, 6) is 0.793. The highest BCUT2D eigenvalue weighted by Gasteiger charge is 2.23. The Bertz CT molecular complexity index is 441. The van der Waals surface area contributed by atoms with Crippen LogP contribution in [0.5, 0.6) is 0 Å². The number of nitrogens with zero attached hydrogens (tertiary/aromatic N) is 1. The fourth-order valence-electron chi connectivity index (χ4n) is 2.04. The summed E-state index contributed by atoms with van der Waals surface area (Å²) in [6.45, 7) is 3.41. The number of rotatable bonds is 5. The van der Waals surface area contributed by atoms with Gasteiger partial charge in [-0.15, -0.1) is 0 Å². The van der Waals surface area contributed by atoms with Gasteiger partial charge in [0.15, 0.2) is 0 Å². The highest BCUT2D eigenvalue weighted by Crippen LogP contribution is 2.29. The fourth-order valence-corrected chi connectivity index (χ4v) is 2.04. The molecule has 0 saturated heterocycles. The van der Waals surface area contributed by atoms with Crippen LogP contribution in [0.4, 0.5) is 11.4 Å². The van der Waals surface area contributed by atoms with Gasteiger partial charge in [-0.1, -0.05) is 6.07 Å². The number of nitrogen functional groups attached to an aromatic ring is 1. The summed E-state index contributed by atoms with van der Waals surface area (Å²) < 4.78 is 0. The number of aryl methyl sites for hydroxylation is 1. The summed E-state index contributed by atoms with van der Waals surface area (Å²) in [6.07, 6.45) is 2.60. The molecule has 0 bridgehead atoms. The van der Waals surface area contributed by atoms with Crippen molar-refractivity contribution in [1.29, 1.82) is 0 Å². The molecular weight excluding hydrogens is 226 g/mol. The van der Waals surface area contributed by atoms with Crippen molar-refractivity contribution in [3.05, 3.63) is 23.8 Å². The zero-order chi connectivity index (χ0) is 13.1. The van der Waals surface area contributed by atoms with Gasteiger partial charge in [-0.3, -0.25) is 9.69 Å². The number of nitrogens with two attached hydrogens (primary N) is 1. The van der Waals surface area contributed by atoms with Crippen LogP contribution >= 0.6 is 0 Å². The Morgan fingerprint density at radius 1 is 1.50 bits per heavy atom. The number of amides is 1. The van der Waals surface area contributed by atoms with Gasteiger partial charge in [-0.2, -0.15) is 0 Å². The molecular formula is C14H21N3O. The van der Waals surface area contributed by atoms with Crippen LogP contribution in [0.2, 0.25) is 0 Å². The molecule has 1 amide bonds. The predicted molar refractivity (Wildman–Crippen MR) is 74.4 cm³/mol. The van der Waals surface area contributed by atoms with Crippen LogP contribution in [-0.4, -0.2) is 30.9 Å². The normalized spacial score (nSPS) is 14.8. The molecule has 0 spiro atoms. The van der Waals surface area contributed by atoms with Crippen molar-refractivity contribution in [2.45, 2.75) is 19.8 Å². The Kier molecular flexibility index (Phi) is 3.87. The number of hydrogen-bond acceptors (Lipinski definition) is 3. The lowest BCUT2D eigenvalue weighted by atomic mass is 10.2. The molecule has 1 aliphatic carbocycles. The molecule has 0 heterocycles. The lowest BCUT2D eigenvalue weighted by Crippen LogP contribution is -2.31. The number of benzene rings is 1. The van der Waals surface area contributed by atoms with Crippen LogP contribution in [0.25, 0.3) is 0 Å². The van der Waals surface area contributed by atoms with Crippen molar-refractivity contribution >= 4 is 17.3 Å². The minimum atomic E-state index is -0.00583. The van der Waals surface area contributed by atoms with Crippen LogP contribution in [0, 0.1) is 12.8 Å². The number of nitrogens with one attached hydrogen (secondary N) is 1. The van der Waals surface area contributed by atoms with Crippen molar-refractivity contribution < 1.29 is 4.79 Å². The third-order valence-electron chi connectivity index (χ3n) is 3.16. The zero-order valence-corrected chi connectivity index (χ0v) is 11.1. The van der Waals surface area contributed by atoms with E-state index in [-0.39, 0.29) is 5.91 Å². The molecule has 1 fully saturated rings. The first-order chi connectivity index (χ1) is 8.54. The van der Waals surface area contributed by atoms with Gasteiger partial charge in [0.2, 0.25) is 5.91 Å². The lowest BCUT2D eigenvalue weighted by Gasteiger charge is -2.16. The molecule has 4 nitrogen and oxygen atoms in total. The monoisotopic (exact) mass is 247 g/mol. The number of hydrogen-bond donors (Lipinski definition) is 2. The van der Waals surface area contributed by atoms with E-state index in [1.54, 1.807) is 0 Å². The van der Waals surface area contributed by atoms with E-state index in [1.165, 1.54) is 12.8 Å². The maximum atomic E-state index is 11.9. The van der Waals surface area contributed by atoms with Gasteiger partial charge in [0.1, 0.15) is 0 Å². The summed E-state index contributed by atoms with van der Waals surface area (Å²) in [4.78, 5) is 13.9. The average Bonchev–Trinajstić information content (AvgIpc) is 3.05. The van der Waals surface area contributed by atoms with Crippen molar-refractivity contribution in [3.63, 3.8) is 0 Å². The SMILES string of the molecule is Cc1ccc(NC(=O)CN(C)CC2CC2)c(N)c1. The van der Waals surface area contributed by atoms with E-state index in [1.807, 2.05) is 32.2 Å². The second-order valence-electron chi connectivity index (χ2n) is 5.28. The van der Waals surface area contributed by atoms with Crippen molar-refractivity contribution in [1.82, 2.24) is 4.90 Å². The van der Waals surface area contributed by atoms with Gasteiger partial charge >= 0.3 is 0 Å². The topological polar surface area (TPSA) is 58.4 Å². The Morgan fingerprint density at radius 2 is 2.22 bits per heavy atom. The van der Waals surface area contributed by atoms with E-state index in [0.29, 0.717) is 17.9 Å². The summed E-state index contributed by atoms with van der Waals surface area (Å²) in [5.41, 5.74) is 8.27. The number of likely N-dealkylation sites (N-methyl/N-ethyl adjacent to an activating group) is 1. The maximum absolute atomic E-state index is 11.9. The van der Waals surface area contributed by atoms with Gasteiger partial charge in [0.25, 0.3) is 0 Å². The molecule has 1 saturated carbocycles. The van der Waals surface area contributed by atoms with E-state index < -0.39 is 0 Å². The molecule has 3 N–H and O–H groups in total. The van der Waals surface area contributed by atoms with E-state index in [2.05, 4.69) is 10.2 Å². The number of carbonyl (C=O) groups is 1. The molecule has 1 aliphatic rings. The highest BCUT2D eigenvalue weighted by molar-refractivity contribution is 5.95. The number of anilines is 2. The van der Waals surface area contributed by atoms with E-state index in [4.69, 9.17) is 5.73 Å². The molecule has 0 aromatic heterocycles. The summed E-state index contributed by atoms with van der Waals surface area (Å²) in [5, 5.41) is 2.86. The van der Waals surface area contributed by atoms with Crippen molar-refractivity contribution in [2.75, 3.05) is 31.2 Å². The van der Waals surface area contributed by atoms with E-state index in [0.717, 1.165) is 18.0 Å².